The molecule has 0 saturated carbocycles. The fourth-order valence-electron chi connectivity index (χ4n) is 2.61. The van der Waals surface area contributed by atoms with Crippen molar-refractivity contribution in [1.82, 2.24) is 9.97 Å². The van der Waals surface area contributed by atoms with Crippen LogP contribution >= 0.6 is 38.9 Å². The summed E-state index contributed by atoms with van der Waals surface area (Å²) in [6.45, 7) is 0. The van der Waals surface area contributed by atoms with Gasteiger partial charge in [-0.2, -0.15) is 0 Å². The highest BCUT2D eigenvalue weighted by Crippen LogP contribution is 2.29. The maximum Gasteiger partial charge on any atom is 0.223 e. The fourth-order valence-corrected chi connectivity index (χ4v) is 4.40. The molecule has 2 aromatic heterocycles. The number of hydrogen-bond acceptors (Lipinski definition) is 3. The maximum absolute atomic E-state index is 6.16. The van der Waals surface area contributed by atoms with E-state index in [1.807, 2.05) is 12.1 Å². The average Bonchev–Trinajstić information content (AvgIpc) is 2.85. The van der Waals surface area contributed by atoms with Gasteiger partial charge < -0.3 is 0 Å². The van der Waals surface area contributed by atoms with Gasteiger partial charge in [-0.15, -0.1) is 11.3 Å². The topological polar surface area (TPSA) is 25.8 Å². The van der Waals surface area contributed by atoms with E-state index in [1.54, 1.807) is 11.3 Å². The van der Waals surface area contributed by atoms with Crippen LogP contribution in [0.1, 0.15) is 12.8 Å². The van der Waals surface area contributed by atoms with Crippen LogP contribution in [0, 0.1) is 0 Å². The van der Waals surface area contributed by atoms with Gasteiger partial charge in [-0.1, -0.05) is 40.2 Å². The second-order valence-corrected chi connectivity index (χ2v) is 7.20. The quantitative estimate of drug-likeness (QED) is 0.596. The first kappa shape index (κ1) is 13.4. The van der Waals surface area contributed by atoms with Gasteiger partial charge in [0, 0.05) is 19.8 Å². The highest BCUT2D eigenvalue weighted by Gasteiger charge is 2.14. The molecule has 2 heterocycles. The molecule has 0 saturated heterocycles. The third-order valence-electron chi connectivity index (χ3n) is 3.51. The average molecular weight is 378 g/mol. The molecule has 0 bridgehead atoms. The van der Waals surface area contributed by atoms with Crippen molar-refractivity contribution in [2.75, 3.05) is 0 Å². The van der Waals surface area contributed by atoms with Gasteiger partial charge in [0.15, 0.2) is 0 Å². The highest BCUT2D eigenvalue weighted by molar-refractivity contribution is 9.10. The van der Waals surface area contributed by atoms with E-state index in [0.29, 0.717) is 5.28 Å². The summed E-state index contributed by atoms with van der Waals surface area (Å²) in [5, 5.41) is 1.51. The summed E-state index contributed by atoms with van der Waals surface area (Å²) in [7, 11) is 0. The van der Waals surface area contributed by atoms with Gasteiger partial charge in [-0.3, -0.25) is 0 Å². The Hall–Kier alpha value is -1.23. The van der Waals surface area contributed by atoms with Crippen molar-refractivity contribution in [3.63, 3.8) is 0 Å². The Bertz CT molecular complexity index is 978. The summed E-state index contributed by atoms with van der Waals surface area (Å²) in [6, 6.07) is 8.12. The molecule has 1 aliphatic rings. The predicted molar refractivity (Wildman–Crippen MR) is 93.0 cm³/mol. The molecule has 0 atom stereocenters. The lowest BCUT2D eigenvalue weighted by molar-refractivity contribution is 1.13. The predicted octanol–water partition coefficient (Wildman–Crippen LogP) is 4.13. The SMILES string of the molecule is Clc1nc(-c2cccc(Br)c2)c2sc3c(c2n1)=CCCC=3. The second-order valence-electron chi connectivity index (χ2n) is 4.89. The smallest absolute Gasteiger partial charge is 0.216 e. The molecule has 0 N–H and O–H groups in total. The van der Waals surface area contributed by atoms with E-state index in [9.17, 15) is 0 Å². The third kappa shape index (κ3) is 2.31. The van der Waals surface area contributed by atoms with Crippen LogP contribution in [0.2, 0.25) is 5.28 Å². The minimum absolute atomic E-state index is 0.303. The molecule has 104 valence electrons. The molecular formula is C16H10BrClN2S. The van der Waals surface area contributed by atoms with Crippen LogP contribution in [0.5, 0.6) is 0 Å². The number of halogens is 2. The number of rotatable bonds is 1. The maximum atomic E-state index is 6.16. The van der Waals surface area contributed by atoms with E-state index in [1.165, 1.54) is 9.75 Å². The van der Waals surface area contributed by atoms with Crippen LogP contribution in [0.3, 0.4) is 0 Å². The lowest BCUT2D eigenvalue weighted by Gasteiger charge is -2.03. The Balaban J connectivity index is 2.13. The minimum Gasteiger partial charge on any atom is -0.216 e. The number of hydrogen-bond donors (Lipinski definition) is 0. The fraction of sp³-hybridized carbons (Fsp3) is 0.125. The van der Waals surface area contributed by atoms with E-state index in [-0.39, 0.29) is 0 Å². The molecule has 0 radical (unpaired) electrons. The molecule has 2 nitrogen and oxygen atoms in total. The van der Waals surface area contributed by atoms with Crippen LogP contribution < -0.4 is 9.75 Å². The largest absolute Gasteiger partial charge is 0.223 e. The molecule has 5 heteroatoms. The lowest BCUT2D eigenvalue weighted by Crippen LogP contribution is -2.21. The standard InChI is InChI=1S/C16H10BrClN2S/c17-10-5-3-4-9(8-10)13-15-14(20-16(18)19-13)11-6-1-2-7-12(11)21-15/h3-8H,1-2H2. The first-order chi connectivity index (χ1) is 10.2. The number of aromatic nitrogens is 2. The molecule has 4 rings (SSSR count). The molecule has 21 heavy (non-hydrogen) atoms. The second kappa shape index (κ2) is 5.20. The summed E-state index contributed by atoms with van der Waals surface area (Å²) in [5.41, 5.74) is 2.94. The Morgan fingerprint density at radius 1 is 1.14 bits per heavy atom. The van der Waals surface area contributed by atoms with Crippen LogP contribution in [0.4, 0.5) is 0 Å². The number of nitrogens with zero attached hydrogens (tertiary/aromatic N) is 2. The van der Waals surface area contributed by atoms with Crippen molar-refractivity contribution in [1.29, 1.82) is 0 Å². The van der Waals surface area contributed by atoms with Gasteiger partial charge in [-0.05, 0) is 36.6 Å². The Morgan fingerprint density at radius 2 is 2.00 bits per heavy atom. The molecule has 0 unspecified atom stereocenters. The summed E-state index contributed by atoms with van der Waals surface area (Å²) in [6.07, 6.45) is 6.68. The summed E-state index contributed by atoms with van der Waals surface area (Å²) >= 11 is 11.4. The van der Waals surface area contributed by atoms with Gasteiger partial charge in [-0.25, -0.2) is 9.97 Å². The van der Waals surface area contributed by atoms with E-state index >= 15 is 0 Å². The molecule has 1 aromatic carbocycles. The summed E-state index contributed by atoms with van der Waals surface area (Å²) < 4.78 is 3.42. The van der Waals surface area contributed by atoms with Gasteiger partial charge >= 0.3 is 0 Å². The van der Waals surface area contributed by atoms with Gasteiger partial charge in [0.1, 0.15) is 0 Å². The van der Waals surface area contributed by atoms with E-state index in [4.69, 9.17) is 11.6 Å². The van der Waals surface area contributed by atoms with E-state index in [2.05, 4.69) is 50.2 Å². The molecular weight excluding hydrogens is 368 g/mol. The molecule has 0 amide bonds. The van der Waals surface area contributed by atoms with Crippen LogP contribution in [0.15, 0.2) is 28.7 Å². The zero-order valence-electron chi connectivity index (χ0n) is 10.9. The minimum atomic E-state index is 0.303. The van der Waals surface area contributed by atoms with Gasteiger partial charge in [0.2, 0.25) is 5.28 Å². The number of thiophene rings is 1. The molecule has 0 spiro atoms. The van der Waals surface area contributed by atoms with Gasteiger partial charge in [0.05, 0.1) is 15.9 Å². The molecule has 0 fully saturated rings. The number of benzene rings is 1. The first-order valence-corrected chi connectivity index (χ1v) is 8.63. The van der Waals surface area contributed by atoms with E-state index < -0.39 is 0 Å². The highest BCUT2D eigenvalue weighted by atomic mass is 79.9. The van der Waals surface area contributed by atoms with Crippen molar-refractivity contribution in [3.8, 4) is 11.3 Å². The molecule has 0 aliphatic heterocycles. The summed E-state index contributed by atoms with van der Waals surface area (Å²) in [5.74, 6) is 0. The normalized spacial score (nSPS) is 13.6. The molecule has 1 aliphatic carbocycles. The molecule has 3 aromatic rings. The summed E-state index contributed by atoms with van der Waals surface area (Å²) in [4.78, 5) is 8.93. The van der Waals surface area contributed by atoms with Crippen LogP contribution in [0.25, 0.3) is 33.6 Å². The zero-order chi connectivity index (χ0) is 14.4. The Kier molecular flexibility index (Phi) is 3.32. The van der Waals surface area contributed by atoms with Crippen LogP contribution in [-0.2, 0) is 0 Å². The van der Waals surface area contributed by atoms with Crippen LogP contribution in [-0.4, -0.2) is 9.97 Å². The lowest BCUT2D eigenvalue weighted by atomic mass is 10.1. The van der Waals surface area contributed by atoms with Crippen molar-refractivity contribution >= 4 is 61.2 Å². The third-order valence-corrected chi connectivity index (χ3v) is 5.37. The Labute approximate surface area is 138 Å². The van der Waals surface area contributed by atoms with Crippen molar-refractivity contribution in [2.24, 2.45) is 0 Å². The first-order valence-electron chi connectivity index (χ1n) is 6.65. The van der Waals surface area contributed by atoms with Gasteiger partial charge in [0.25, 0.3) is 0 Å². The van der Waals surface area contributed by atoms with Crippen molar-refractivity contribution < 1.29 is 0 Å². The number of fused-ring (bicyclic) bond motifs is 3. The Morgan fingerprint density at radius 3 is 2.86 bits per heavy atom. The van der Waals surface area contributed by atoms with Crippen molar-refractivity contribution in [2.45, 2.75) is 12.8 Å². The van der Waals surface area contributed by atoms with Crippen molar-refractivity contribution in [3.05, 3.63) is 43.8 Å². The van der Waals surface area contributed by atoms with E-state index in [0.717, 1.165) is 38.8 Å². The zero-order valence-corrected chi connectivity index (χ0v) is 14.1. The monoisotopic (exact) mass is 376 g/mol.